The molecule has 34 heavy (non-hydrogen) atoms. The highest BCUT2D eigenvalue weighted by molar-refractivity contribution is 5.93. The highest BCUT2D eigenvalue weighted by Gasteiger charge is 2.67. The lowest BCUT2D eigenvalue weighted by Gasteiger charge is -2.60. The lowest BCUT2D eigenvalue weighted by molar-refractivity contribution is -0.184. The number of alkyl carbamates (subject to hydrolysis) is 1. The predicted molar refractivity (Wildman–Crippen MR) is 127 cm³/mol. The van der Waals surface area contributed by atoms with Crippen LogP contribution in [0.25, 0.3) is 0 Å². The van der Waals surface area contributed by atoms with Crippen LogP contribution >= 0.6 is 0 Å². The number of piperidine rings is 1. The number of hydrogen-bond donors (Lipinski definition) is 1. The summed E-state index contributed by atoms with van der Waals surface area (Å²) >= 11 is 0. The number of fused-ring (bicyclic) bond motifs is 2. The van der Waals surface area contributed by atoms with E-state index in [4.69, 9.17) is 9.47 Å². The first-order chi connectivity index (χ1) is 16.1. The Bertz CT molecular complexity index is 862. The van der Waals surface area contributed by atoms with Gasteiger partial charge in [0.25, 0.3) is 0 Å². The second kappa shape index (κ2) is 8.58. The lowest BCUT2D eigenvalue weighted by atomic mass is 9.45. The van der Waals surface area contributed by atoms with Crippen LogP contribution in [0, 0.1) is 46.3 Å². The summed E-state index contributed by atoms with van der Waals surface area (Å²) in [6.07, 6.45) is 4.42. The summed E-state index contributed by atoms with van der Waals surface area (Å²) in [5.41, 5.74) is -0.434. The fraction of sp³-hybridized carbons (Fsp3) is 0.889. The van der Waals surface area contributed by atoms with Gasteiger partial charge in [0, 0.05) is 43.4 Å². The molecule has 0 aromatic carbocycles. The maximum absolute atomic E-state index is 13.5. The number of rotatable bonds is 3. The Morgan fingerprint density at radius 2 is 1.82 bits per heavy atom. The molecule has 0 aromatic heterocycles. The molecule has 1 N–H and O–H groups in total. The van der Waals surface area contributed by atoms with Gasteiger partial charge < -0.3 is 14.4 Å². The monoisotopic (exact) mass is 474 g/mol. The molecule has 7 heteroatoms. The average Bonchev–Trinajstić information content (AvgIpc) is 3.54. The number of nitrogens with one attached hydrogen (secondary N) is 1. The summed E-state index contributed by atoms with van der Waals surface area (Å²) in [6.45, 7) is 11.3. The molecule has 5 aliphatic rings. The third-order valence-electron chi connectivity index (χ3n) is 11.1. The van der Waals surface area contributed by atoms with E-state index < -0.39 is 12.2 Å². The van der Waals surface area contributed by atoms with E-state index in [1.54, 1.807) is 7.11 Å². The van der Waals surface area contributed by atoms with E-state index in [0.717, 1.165) is 51.7 Å². The van der Waals surface area contributed by atoms with Gasteiger partial charge in [0.2, 0.25) is 5.91 Å². The fourth-order valence-electron chi connectivity index (χ4n) is 8.99. The topological polar surface area (TPSA) is 84.9 Å². The molecule has 3 aliphatic carbocycles. The van der Waals surface area contributed by atoms with Crippen molar-refractivity contribution in [1.82, 2.24) is 10.2 Å². The van der Waals surface area contributed by atoms with Crippen LogP contribution in [0.3, 0.4) is 0 Å². The molecule has 0 radical (unpaired) electrons. The lowest BCUT2D eigenvalue weighted by Crippen LogP contribution is -2.62. The quantitative estimate of drug-likeness (QED) is 0.672. The summed E-state index contributed by atoms with van der Waals surface area (Å²) in [5, 5.41) is 2.57. The number of carbonyl (C=O) groups excluding carboxylic acids is 3. The molecule has 5 rings (SSSR count). The zero-order valence-electron chi connectivity index (χ0n) is 21.5. The standard InChI is InChI=1S/C27H42N2O5/c1-15-12-21(34-25(32)28-24(31)19-14-29-11-8-18(19)13-29)26(4)16(2)6-9-27(17(3)22(15)30)10-7-20(33-5)23(26)27/h15-21,23H,6-14H2,1-5H3,(H,28,31,32)/t15-,16+,17-,18+,19-,20?,21+,23?,26-,27?/m0/s1. The first-order valence-electron chi connectivity index (χ1n) is 13.4. The number of nitrogens with zero attached hydrogens (tertiary/aromatic N) is 1. The zero-order chi connectivity index (χ0) is 24.4. The van der Waals surface area contributed by atoms with Crippen LogP contribution in [0.1, 0.15) is 66.2 Å². The van der Waals surface area contributed by atoms with Gasteiger partial charge >= 0.3 is 6.09 Å². The molecular formula is C27H42N2O5. The Hall–Kier alpha value is -1.47. The van der Waals surface area contributed by atoms with Crippen molar-refractivity contribution in [2.24, 2.45) is 46.3 Å². The van der Waals surface area contributed by atoms with E-state index in [1.165, 1.54) is 0 Å². The minimum absolute atomic E-state index is 0.0244. The predicted octanol–water partition coefficient (Wildman–Crippen LogP) is 3.65. The molecule has 0 aromatic rings. The zero-order valence-corrected chi connectivity index (χ0v) is 21.5. The minimum atomic E-state index is -0.655. The number of amides is 2. The highest BCUT2D eigenvalue weighted by Crippen LogP contribution is 2.67. The molecule has 7 nitrogen and oxygen atoms in total. The van der Waals surface area contributed by atoms with Gasteiger partial charge in [-0.2, -0.15) is 0 Å². The Labute approximate surface area is 203 Å². The largest absolute Gasteiger partial charge is 0.445 e. The first kappa shape index (κ1) is 24.2. The van der Waals surface area contributed by atoms with E-state index >= 15 is 0 Å². The Kier molecular flexibility index (Phi) is 6.11. The van der Waals surface area contributed by atoms with E-state index in [1.807, 2.05) is 6.92 Å². The molecule has 190 valence electrons. The minimum Gasteiger partial charge on any atom is -0.445 e. The summed E-state index contributed by atoms with van der Waals surface area (Å²) in [6, 6.07) is 0. The van der Waals surface area contributed by atoms with Gasteiger partial charge in [-0.25, -0.2) is 4.79 Å². The van der Waals surface area contributed by atoms with Crippen LogP contribution in [0.5, 0.6) is 0 Å². The number of imide groups is 1. The maximum atomic E-state index is 13.5. The molecule has 3 saturated carbocycles. The molecular weight excluding hydrogens is 432 g/mol. The van der Waals surface area contributed by atoms with Gasteiger partial charge in [0.1, 0.15) is 11.9 Å². The van der Waals surface area contributed by atoms with Gasteiger partial charge in [0.15, 0.2) is 0 Å². The van der Waals surface area contributed by atoms with Crippen molar-refractivity contribution in [2.75, 3.05) is 26.7 Å². The van der Waals surface area contributed by atoms with Crippen molar-refractivity contribution in [3.8, 4) is 0 Å². The summed E-state index contributed by atoms with van der Waals surface area (Å²) in [5.74, 6) is 0.518. The Morgan fingerprint density at radius 1 is 1.09 bits per heavy atom. The molecule has 4 unspecified atom stereocenters. The van der Waals surface area contributed by atoms with Crippen LogP contribution in [-0.2, 0) is 19.1 Å². The number of methoxy groups -OCH3 is 1. The SMILES string of the molecule is COC1CCC23CC[C@@H](C)[C@](C)(C12)[C@H](OC(=O)NC(=O)[C@H]1CN2CC[C@@H]1C2)C[C@H](C)C(=O)[C@@H]3C. The van der Waals surface area contributed by atoms with Crippen LogP contribution in [0.15, 0.2) is 0 Å². The molecule has 0 spiro atoms. The normalized spacial score (nSPS) is 49.8. The van der Waals surface area contributed by atoms with E-state index in [-0.39, 0.29) is 52.3 Å². The van der Waals surface area contributed by atoms with E-state index in [0.29, 0.717) is 18.3 Å². The summed E-state index contributed by atoms with van der Waals surface area (Å²) < 4.78 is 12.2. The van der Waals surface area contributed by atoms with Crippen molar-refractivity contribution < 1.29 is 23.9 Å². The van der Waals surface area contributed by atoms with Crippen molar-refractivity contribution in [2.45, 2.75) is 78.4 Å². The van der Waals surface area contributed by atoms with Gasteiger partial charge in [0.05, 0.1) is 12.0 Å². The van der Waals surface area contributed by atoms with Crippen LogP contribution in [0.4, 0.5) is 4.79 Å². The number of Topliss-reactive ketones (excluding diaryl/α,β-unsaturated/α-hetero) is 1. The fourth-order valence-corrected chi connectivity index (χ4v) is 8.99. The smallest absolute Gasteiger partial charge is 0.414 e. The van der Waals surface area contributed by atoms with Crippen molar-refractivity contribution in [1.29, 1.82) is 0 Å². The Morgan fingerprint density at radius 3 is 2.47 bits per heavy atom. The molecule has 11 atom stereocenters. The number of carbonyl (C=O) groups is 3. The number of hydrogen-bond acceptors (Lipinski definition) is 6. The van der Waals surface area contributed by atoms with Gasteiger partial charge in [-0.3, -0.25) is 14.9 Å². The first-order valence-corrected chi connectivity index (χ1v) is 13.4. The third-order valence-corrected chi connectivity index (χ3v) is 11.1. The van der Waals surface area contributed by atoms with Crippen molar-refractivity contribution >= 4 is 17.8 Å². The molecule has 2 saturated heterocycles. The van der Waals surface area contributed by atoms with Crippen molar-refractivity contribution in [3.05, 3.63) is 0 Å². The maximum Gasteiger partial charge on any atom is 0.414 e. The average molecular weight is 475 g/mol. The number of ether oxygens (including phenoxy) is 2. The molecule has 2 heterocycles. The number of ketones is 1. The summed E-state index contributed by atoms with van der Waals surface area (Å²) in [4.78, 5) is 41.8. The second-order valence-electron chi connectivity index (χ2n) is 12.4. The second-order valence-corrected chi connectivity index (χ2v) is 12.4. The molecule has 2 amide bonds. The van der Waals surface area contributed by atoms with Crippen LogP contribution in [0.2, 0.25) is 0 Å². The highest BCUT2D eigenvalue weighted by atomic mass is 16.6. The third kappa shape index (κ3) is 3.47. The van der Waals surface area contributed by atoms with Gasteiger partial charge in [-0.1, -0.05) is 27.7 Å². The van der Waals surface area contributed by atoms with Crippen molar-refractivity contribution in [3.63, 3.8) is 0 Å². The molecule has 5 fully saturated rings. The van der Waals surface area contributed by atoms with E-state index in [9.17, 15) is 14.4 Å². The molecule has 4 bridgehead atoms. The van der Waals surface area contributed by atoms with Crippen LogP contribution < -0.4 is 5.32 Å². The molecule has 2 aliphatic heterocycles. The van der Waals surface area contributed by atoms with Gasteiger partial charge in [-0.05, 0) is 62.3 Å². The Balaban J connectivity index is 1.42. The van der Waals surface area contributed by atoms with E-state index in [2.05, 4.69) is 31.0 Å². The summed E-state index contributed by atoms with van der Waals surface area (Å²) in [7, 11) is 1.77. The van der Waals surface area contributed by atoms with Crippen LogP contribution in [-0.4, -0.2) is 61.6 Å². The van der Waals surface area contributed by atoms with Gasteiger partial charge in [-0.15, -0.1) is 0 Å².